The van der Waals surface area contributed by atoms with Gasteiger partial charge in [-0.25, -0.2) is 36.8 Å². The van der Waals surface area contributed by atoms with E-state index in [9.17, 15) is 27.1 Å². The molecule has 0 bridgehead atoms. The number of sulfonamides is 1. The van der Waals surface area contributed by atoms with Gasteiger partial charge in [0.15, 0.2) is 5.69 Å². The summed E-state index contributed by atoms with van der Waals surface area (Å²) in [6.07, 6.45) is 2.89. The normalized spacial score (nSPS) is 13.2. The van der Waals surface area contributed by atoms with E-state index < -0.39 is 32.5 Å². The average molecular weight is 599 g/mol. The van der Waals surface area contributed by atoms with Crippen molar-refractivity contribution < 1.29 is 32.2 Å². The summed E-state index contributed by atoms with van der Waals surface area (Å²) >= 11 is 1.10. The average Bonchev–Trinajstić information content (AvgIpc) is 3.47. The second-order valence-corrected chi connectivity index (χ2v) is 12.0. The summed E-state index contributed by atoms with van der Waals surface area (Å²) in [6, 6.07) is 8.01. The molecule has 0 spiro atoms. The number of carbonyl (C=O) groups is 1. The van der Waals surface area contributed by atoms with Crippen molar-refractivity contribution >= 4 is 27.3 Å². The lowest BCUT2D eigenvalue weighted by molar-refractivity contribution is 0.0691. The molecule has 4 N–H and O–H groups in total. The van der Waals surface area contributed by atoms with E-state index in [1.165, 1.54) is 23.6 Å². The van der Waals surface area contributed by atoms with Crippen LogP contribution < -0.4 is 5.14 Å². The number of aliphatic hydroxyl groups excluding tert-OH is 1. The van der Waals surface area contributed by atoms with Gasteiger partial charge >= 0.3 is 5.97 Å². The van der Waals surface area contributed by atoms with Gasteiger partial charge in [0.1, 0.15) is 16.5 Å². The summed E-state index contributed by atoms with van der Waals surface area (Å²) in [6.45, 7) is -0.166. The van der Waals surface area contributed by atoms with Crippen LogP contribution in [-0.2, 0) is 22.9 Å². The van der Waals surface area contributed by atoms with Crippen molar-refractivity contribution in [2.24, 2.45) is 11.1 Å². The number of aromatic carboxylic acids is 1. The molecule has 2 heterocycles. The highest BCUT2D eigenvalue weighted by molar-refractivity contribution is 7.89. The zero-order valence-electron chi connectivity index (χ0n) is 21.5. The molecule has 0 aliphatic heterocycles. The molecule has 4 aromatic rings. The van der Waals surface area contributed by atoms with Crippen molar-refractivity contribution in [3.8, 4) is 28.2 Å². The van der Waals surface area contributed by atoms with E-state index in [0.29, 0.717) is 39.9 Å². The third-order valence-electron chi connectivity index (χ3n) is 6.54. The number of aliphatic hydroxyl groups is 1. The van der Waals surface area contributed by atoms with E-state index in [-0.39, 0.29) is 30.7 Å². The van der Waals surface area contributed by atoms with Crippen LogP contribution in [-0.4, -0.2) is 46.0 Å². The molecular formula is C28H24F2N4O5S2. The molecule has 0 radical (unpaired) electrons. The molecule has 0 unspecified atom stereocenters. The summed E-state index contributed by atoms with van der Waals surface area (Å²) in [7, 11) is -4.26. The van der Waals surface area contributed by atoms with Crippen LogP contribution in [0.15, 0.2) is 46.7 Å². The molecule has 9 nitrogen and oxygen atoms in total. The first-order chi connectivity index (χ1) is 19.5. The van der Waals surface area contributed by atoms with Gasteiger partial charge in [-0.2, -0.15) is 5.10 Å². The van der Waals surface area contributed by atoms with Crippen LogP contribution in [0.4, 0.5) is 8.78 Å². The number of thiazole rings is 1. The summed E-state index contributed by atoms with van der Waals surface area (Å²) in [4.78, 5) is 15.1. The fourth-order valence-electron chi connectivity index (χ4n) is 4.40. The Morgan fingerprint density at radius 3 is 2.59 bits per heavy atom. The lowest BCUT2D eigenvalue weighted by Gasteiger charge is -2.10. The number of benzene rings is 2. The maximum absolute atomic E-state index is 14.8. The highest BCUT2D eigenvalue weighted by atomic mass is 32.2. The van der Waals surface area contributed by atoms with Crippen molar-refractivity contribution in [3.63, 3.8) is 0 Å². The van der Waals surface area contributed by atoms with Crippen LogP contribution in [0.25, 0.3) is 16.4 Å². The van der Waals surface area contributed by atoms with E-state index in [4.69, 9.17) is 15.3 Å². The Hall–Kier alpha value is -3.96. The van der Waals surface area contributed by atoms with Crippen LogP contribution in [0, 0.1) is 29.4 Å². The van der Waals surface area contributed by atoms with Gasteiger partial charge in [-0.1, -0.05) is 17.9 Å². The van der Waals surface area contributed by atoms with Crippen LogP contribution in [0.5, 0.6) is 0 Å². The number of primary sulfonamides is 1. The predicted molar refractivity (Wildman–Crippen MR) is 147 cm³/mol. The van der Waals surface area contributed by atoms with Gasteiger partial charge in [0.05, 0.1) is 23.6 Å². The van der Waals surface area contributed by atoms with Crippen molar-refractivity contribution in [1.82, 2.24) is 14.8 Å². The highest BCUT2D eigenvalue weighted by Gasteiger charge is 2.29. The molecule has 1 saturated carbocycles. The zero-order chi connectivity index (χ0) is 29.3. The number of nitrogens with two attached hydrogens (primary N) is 1. The number of hydrogen-bond acceptors (Lipinski definition) is 7. The third kappa shape index (κ3) is 6.36. The number of hydrogen-bond donors (Lipinski definition) is 3. The van der Waals surface area contributed by atoms with Crippen LogP contribution in [0.2, 0.25) is 0 Å². The maximum Gasteiger partial charge on any atom is 0.355 e. The van der Waals surface area contributed by atoms with Crippen molar-refractivity contribution in [3.05, 3.63) is 81.5 Å². The molecule has 0 saturated heterocycles. The molecule has 0 amide bonds. The molecule has 13 heteroatoms. The molecule has 2 aromatic heterocycles. The van der Waals surface area contributed by atoms with Gasteiger partial charge in [0.2, 0.25) is 15.2 Å². The Morgan fingerprint density at radius 2 is 1.95 bits per heavy atom. The van der Waals surface area contributed by atoms with Crippen molar-refractivity contribution in [1.29, 1.82) is 0 Å². The summed E-state index contributed by atoms with van der Waals surface area (Å²) in [5, 5.41) is 30.1. The highest BCUT2D eigenvalue weighted by Crippen LogP contribution is 2.38. The summed E-state index contributed by atoms with van der Waals surface area (Å²) in [5.41, 5.74) is 2.78. The Balaban J connectivity index is 1.69. The maximum atomic E-state index is 14.8. The first-order valence-electron chi connectivity index (χ1n) is 12.6. The molecule has 0 atom stereocenters. The zero-order valence-corrected chi connectivity index (χ0v) is 23.1. The van der Waals surface area contributed by atoms with Crippen LogP contribution >= 0.6 is 11.3 Å². The molecular weight excluding hydrogens is 574 g/mol. The van der Waals surface area contributed by atoms with Gasteiger partial charge in [-0.15, -0.1) is 11.3 Å². The minimum Gasteiger partial charge on any atom is -0.476 e. The first kappa shape index (κ1) is 28.6. The number of aromatic nitrogens is 3. The van der Waals surface area contributed by atoms with E-state index >= 15 is 0 Å². The van der Waals surface area contributed by atoms with Crippen LogP contribution in [0.3, 0.4) is 0 Å². The van der Waals surface area contributed by atoms with E-state index in [2.05, 4.69) is 16.8 Å². The Labute approximate surface area is 238 Å². The fraction of sp³-hybridized carbons (Fsp3) is 0.250. The predicted octanol–water partition coefficient (Wildman–Crippen LogP) is 3.90. The lowest BCUT2D eigenvalue weighted by Crippen LogP contribution is -2.14. The molecule has 2 aromatic carbocycles. The minimum absolute atomic E-state index is 0.103. The van der Waals surface area contributed by atoms with Crippen molar-refractivity contribution in [2.45, 2.75) is 37.0 Å². The molecule has 1 aliphatic carbocycles. The number of halogens is 2. The summed E-state index contributed by atoms with van der Waals surface area (Å²) in [5.74, 6) is 3.07. The Kier molecular flexibility index (Phi) is 8.01. The number of carboxylic acids is 1. The standard InChI is InChI=1S/C28H24F2N4O5S2/c29-21-8-7-19(14-18(21)3-1-2-10-35)26-20(11-17-6-9-25(22(30)12-17)41(31,38)39)24(13-16-4-5-16)34(33-26)28-32-23(15-40-28)27(36)37/h6-9,12,14-16,35H,2,4-5,10-11,13H2,(H,36,37)(H2,31,38,39). The van der Waals surface area contributed by atoms with Gasteiger partial charge < -0.3 is 10.2 Å². The fourth-order valence-corrected chi connectivity index (χ4v) is 5.76. The molecule has 41 heavy (non-hydrogen) atoms. The smallest absolute Gasteiger partial charge is 0.355 e. The molecule has 1 aliphatic rings. The lowest BCUT2D eigenvalue weighted by atomic mass is 9.96. The van der Waals surface area contributed by atoms with E-state index in [0.717, 1.165) is 42.0 Å². The molecule has 212 valence electrons. The second kappa shape index (κ2) is 11.5. The quantitative estimate of drug-likeness (QED) is 0.248. The van der Waals surface area contributed by atoms with Gasteiger partial charge in [0.25, 0.3) is 0 Å². The third-order valence-corrected chi connectivity index (χ3v) is 8.30. The van der Waals surface area contributed by atoms with E-state index in [1.54, 1.807) is 10.7 Å². The van der Waals surface area contributed by atoms with E-state index in [1.807, 2.05) is 0 Å². The Bertz CT molecular complexity index is 1820. The van der Waals surface area contributed by atoms with Gasteiger partial charge in [-0.3, -0.25) is 0 Å². The second-order valence-electron chi connectivity index (χ2n) is 9.61. The number of carboxylic acid groups (broad SMARTS) is 1. The minimum atomic E-state index is -4.26. The SMILES string of the molecule is NS(=O)(=O)c1ccc(Cc2c(-c3ccc(F)c(C#CCCO)c3)nn(-c3nc(C(=O)O)cs3)c2CC2CC2)cc1F. The molecule has 1 fully saturated rings. The van der Waals surface area contributed by atoms with Crippen LogP contribution in [0.1, 0.15) is 52.1 Å². The molecule has 5 rings (SSSR count). The van der Waals surface area contributed by atoms with Gasteiger partial charge in [-0.05, 0) is 61.1 Å². The van der Waals surface area contributed by atoms with Gasteiger partial charge in [0, 0.05) is 29.3 Å². The van der Waals surface area contributed by atoms with Crippen molar-refractivity contribution in [2.75, 3.05) is 6.61 Å². The Morgan fingerprint density at radius 1 is 1.17 bits per heavy atom. The number of rotatable bonds is 9. The largest absolute Gasteiger partial charge is 0.476 e. The monoisotopic (exact) mass is 598 g/mol. The first-order valence-corrected chi connectivity index (χ1v) is 15.0. The number of nitrogens with zero attached hydrogens (tertiary/aromatic N) is 3. The summed E-state index contributed by atoms with van der Waals surface area (Å²) < 4.78 is 54.4. The topological polar surface area (TPSA) is 148 Å².